The first-order valence-electron chi connectivity index (χ1n) is 11.5. The van der Waals surface area contributed by atoms with Crippen LogP contribution in [-0.4, -0.2) is 30.3 Å². The molecule has 0 saturated carbocycles. The second-order valence-corrected chi connectivity index (χ2v) is 8.95. The van der Waals surface area contributed by atoms with Gasteiger partial charge < -0.3 is 14.2 Å². The van der Waals surface area contributed by atoms with Crippen LogP contribution in [-0.2, 0) is 16.0 Å². The summed E-state index contributed by atoms with van der Waals surface area (Å²) in [5.74, 6) is 1.19. The number of carbonyl (C=O) groups is 1. The molecule has 7 heteroatoms. The van der Waals surface area contributed by atoms with Crippen LogP contribution in [0.3, 0.4) is 0 Å². The van der Waals surface area contributed by atoms with Gasteiger partial charge in [-0.3, -0.25) is 4.79 Å². The molecule has 0 bridgehead atoms. The molecule has 34 heavy (non-hydrogen) atoms. The first-order valence-corrected chi connectivity index (χ1v) is 12.3. The summed E-state index contributed by atoms with van der Waals surface area (Å²) in [6, 6.07) is 11.7. The molecule has 6 nitrogen and oxygen atoms in total. The SMILES string of the molecule is [C-]#[N+]c1cc(-c2ncc(-c3ccc(OCCCC(=O)OCC)cc3CC)s2)ccc1OC(C)C. The summed E-state index contributed by atoms with van der Waals surface area (Å²) in [7, 11) is 0. The molecule has 0 atom stereocenters. The van der Waals surface area contributed by atoms with E-state index < -0.39 is 0 Å². The van der Waals surface area contributed by atoms with E-state index in [4.69, 9.17) is 20.8 Å². The van der Waals surface area contributed by atoms with E-state index in [1.165, 1.54) is 5.56 Å². The molecule has 0 spiro atoms. The van der Waals surface area contributed by atoms with Gasteiger partial charge in [-0.15, -0.1) is 11.3 Å². The summed E-state index contributed by atoms with van der Waals surface area (Å²) in [5.41, 5.74) is 3.68. The zero-order valence-electron chi connectivity index (χ0n) is 20.1. The Balaban J connectivity index is 1.73. The standard InChI is InChI=1S/C27H30N2O4S/c1-6-19-15-21(32-14-8-9-26(30)31-7-2)11-12-22(19)25-17-29-27(34-25)20-10-13-24(33-18(3)4)23(16-20)28-5/h10-13,15-18H,6-9,14H2,1-4H3. The first-order chi connectivity index (χ1) is 16.4. The van der Waals surface area contributed by atoms with E-state index in [1.54, 1.807) is 18.3 Å². The third-order valence-electron chi connectivity index (χ3n) is 5.02. The van der Waals surface area contributed by atoms with Crippen LogP contribution >= 0.6 is 11.3 Å². The predicted molar refractivity (Wildman–Crippen MR) is 136 cm³/mol. The largest absolute Gasteiger partial charge is 0.502 e. The topological polar surface area (TPSA) is 62.0 Å². The van der Waals surface area contributed by atoms with Crippen molar-refractivity contribution in [3.63, 3.8) is 0 Å². The van der Waals surface area contributed by atoms with Gasteiger partial charge in [-0.2, -0.15) is 0 Å². The number of thiazole rings is 1. The molecule has 0 aliphatic rings. The van der Waals surface area contributed by atoms with Gasteiger partial charge in [-0.05, 0) is 75.1 Å². The Morgan fingerprint density at radius 3 is 2.71 bits per heavy atom. The molecule has 0 saturated heterocycles. The molecular weight excluding hydrogens is 448 g/mol. The highest BCUT2D eigenvalue weighted by atomic mass is 32.1. The normalized spacial score (nSPS) is 10.7. The van der Waals surface area contributed by atoms with Gasteiger partial charge in [0.05, 0.1) is 30.8 Å². The van der Waals surface area contributed by atoms with E-state index in [1.807, 2.05) is 50.4 Å². The van der Waals surface area contributed by atoms with Crippen LogP contribution < -0.4 is 9.47 Å². The monoisotopic (exact) mass is 478 g/mol. The second-order valence-electron chi connectivity index (χ2n) is 7.92. The average Bonchev–Trinajstić information content (AvgIpc) is 3.32. The maximum absolute atomic E-state index is 11.5. The zero-order valence-corrected chi connectivity index (χ0v) is 20.9. The molecule has 1 heterocycles. The van der Waals surface area contributed by atoms with Crippen LogP contribution in [0.25, 0.3) is 25.9 Å². The molecule has 0 aliphatic carbocycles. The molecular formula is C27H30N2O4S. The molecule has 0 radical (unpaired) electrons. The van der Waals surface area contributed by atoms with Crippen molar-refractivity contribution in [1.82, 2.24) is 4.98 Å². The highest BCUT2D eigenvalue weighted by molar-refractivity contribution is 7.18. The van der Waals surface area contributed by atoms with Gasteiger partial charge in [0.1, 0.15) is 16.5 Å². The van der Waals surface area contributed by atoms with Gasteiger partial charge in [0.2, 0.25) is 5.69 Å². The van der Waals surface area contributed by atoms with Gasteiger partial charge in [0.25, 0.3) is 0 Å². The number of aryl methyl sites for hydroxylation is 1. The molecule has 1 aromatic heterocycles. The summed E-state index contributed by atoms with van der Waals surface area (Å²) in [4.78, 5) is 20.8. The third kappa shape index (κ3) is 6.58. The summed E-state index contributed by atoms with van der Waals surface area (Å²) < 4.78 is 16.5. The highest BCUT2D eigenvalue weighted by Crippen LogP contribution is 2.38. The minimum absolute atomic E-state index is 0.00907. The lowest BCUT2D eigenvalue weighted by Crippen LogP contribution is -2.06. The van der Waals surface area contributed by atoms with Gasteiger partial charge >= 0.3 is 5.97 Å². The minimum Gasteiger partial charge on any atom is -0.502 e. The fraction of sp³-hybridized carbons (Fsp3) is 0.370. The fourth-order valence-electron chi connectivity index (χ4n) is 3.46. The molecule has 0 N–H and O–H groups in total. The van der Waals surface area contributed by atoms with Crippen molar-refractivity contribution in [3.8, 4) is 32.5 Å². The summed E-state index contributed by atoms with van der Waals surface area (Å²) in [5, 5.41) is 0.859. The number of benzene rings is 2. The van der Waals surface area contributed by atoms with E-state index >= 15 is 0 Å². The maximum Gasteiger partial charge on any atom is 0.305 e. The van der Waals surface area contributed by atoms with Crippen molar-refractivity contribution >= 4 is 23.0 Å². The number of rotatable bonds is 11. The summed E-state index contributed by atoms with van der Waals surface area (Å²) in [6.07, 6.45) is 3.72. The minimum atomic E-state index is -0.192. The van der Waals surface area contributed by atoms with Gasteiger partial charge in [-0.1, -0.05) is 13.0 Å². The lowest BCUT2D eigenvalue weighted by Gasteiger charge is -2.12. The first kappa shape index (κ1) is 25.3. The number of hydrogen-bond acceptors (Lipinski definition) is 6. The predicted octanol–water partition coefficient (Wildman–Crippen LogP) is 7.10. The highest BCUT2D eigenvalue weighted by Gasteiger charge is 2.14. The molecule has 0 unspecified atom stereocenters. The molecule has 2 aromatic carbocycles. The number of hydrogen-bond donors (Lipinski definition) is 0. The Bertz CT molecular complexity index is 1160. The zero-order chi connectivity index (χ0) is 24.5. The van der Waals surface area contributed by atoms with Crippen LogP contribution in [0.4, 0.5) is 5.69 Å². The molecule has 3 aromatic rings. The fourth-order valence-corrected chi connectivity index (χ4v) is 4.43. The van der Waals surface area contributed by atoms with Crippen molar-refractivity contribution in [1.29, 1.82) is 0 Å². The van der Waals surface area contributed by atoms with E-state index in [9.17, 15) is 4.79 Å². The van der Waals surface area contributed by atoms with E-state index in [2.05, 4.69) is 22.8 Å². The molecule has 0 amide bonds. The number of esters is 1. The molecule has 0 aliphatic heterocycles. The lowest BCUT2D eigenvalue weighted by atomic mass is 10.0. The van der Waals surface area contributed by atoms with E-state index in [-0.39, 0.29) is 12.1 Å². The Morgan fingerprint density at radius 1 is 1.18 bits per heavy atom. The second kappa shape index (κ2) is 12.2. The summed E-state index contributed by atoms with van der Waals surface area (Å²) in [6.45, 7) is 16.2. The number of aromatic nitrogens is 1. The molecule has 178 valence electrons. The lowest BCUT2D eigenvalue weighted by molar-refractivity contribution is -0.143. The van der Waals surface area contributed by atoms with Crippen molar-refractivity contribution in [2.24, 2.45) is 0 Å². The van der Waals surface area contributed by atoms with Gasteiger partial charge in [0.15, 0.2) is 0 Å². The van der Waals surface area contributed by atoms with Gasteiger partial charge in [0, 0.05) is 18.2 Å². The number of nitrogens with zero attached hydrogens (tertiary/aromatic N) is 2. The van der Waals surface area contributed by atoms with Crippen molar-refractivity contribution in [2.45, 2.75) is 53.1 Å². The van der Waals surface area contributed by atoms with Gasteiger partial charge in [-0.25, -0.2) is 9.83 Å². The number of carbonyl (C=O) groups excluding carboxylic acids is 1. The van der Waals surface area contributed by atoms with Crippen LogP contribution in [0.2, 0.25) is 0 Å². The maximum atomic E-state index is 11.5. The van der Waals surface area contributed by atoms with Crippen molar-refractivity contribution < 1.29 is 19.0 Å². The van der Waals surface area contributed by atoms with Crippen LogP contribution in [0.1, 0.15) is 46.1 Å². The molecule has 0 fully saturated rings. The Hall–Kier alpha value is -3.37. The van der Waals surface area contributed by atoms with Crippen LogP contribution in [0, 0.1) is 6.57 Å². The third-order valence-corrected chi connectivity index (χ3v) is 6.10. The summed E-state index contributed by atoms with van der Waals surface area (Å²) >= 11 is 1.60. The smallest absolute Gasteiger partial charge is 0.305 e. The van der Waals surface area contributed by atoms with Crippen molar-refractivity contribution in [2.75, 3.05) is 13.2 Å². The van der Waals surface area contributed by atoms with Crippen molar-refractivity contribution in [3.05, 3.63) is 59.6 Å². The average molecular weight is 479 g/mol. The Morgan fingerprint density at radius 2 is 2.00 bits per heavy atom. The van der Waals surface area contributed by atoms with Crippen LogP contribution in [0.5, 0.6) is 11.5 Å². The number of ether oxygens (including phenoxy) is 3. The molecule has 3 rings (SSSR count). The quantitative estimate of drug-likeness (QED) is 0.167. The Labute approximate surface area is 205 Å². The van der Waals surface area contributed by atoms with Crippen LogP contribution in [0.15, 0.2) is 42.6 Å². The Kier molecular flexibility index (Phi) is 9.06. The van der Waals surface area contributed by atoms with E-state index in [0.29, 0.717) is 37.5 Å². The van der Waals surface area contributed by atoms with E-state index in [0.717, 1.165) is 33.2 Å².